The number of benzene rings is 1. The van der Waals surface area contributed by atoms with Crippen molar-refractivity contribution in [3.63, 3.8) is 0 Å². The summed E-state index contributed by atoms with van der Waals surface area (Å²) in [6.07, 6.45) is 3.33. The smallest absolute Gasteiger partial charge is 0.259 e. The van der Waals surface area contributed by atoms with Crippen molar-refractivity contribution in [2.24, 2.45) is 0 Å². The van der Waals surface area contributed by atoms with Gasteiger partial charge >= 0.3 is 0 Å². The Balaban J connectivity index is 2.16. The zero-order chi connectivity index (χ0) is 14.0. The fourth-order valence-electron chi connectivity index (χ4n) is 1.58. The Labute approximate surface area is 119 Å². The van der Waals surface area contributed by atoms with Crippen LogP contribution in [0.3, 0.4) is 0 Å². The van der Waals surface area contributed by atoms with E-state index in [4.69, 9.17) is 0 Å². The second-order valence-corrected chi connectivity index (χ2v) is 5.33. The van der Waals surface area contributed by atoms with Gasteiger partial charge in [-0.25, -0.2) is 0 Å². The van der Waals surface area contributed by atoms with Crippen LogP contribution in [0.25, 0.3) is 0 Å². The summed E-state index contributed by atoms with van der Waals surface area (Å²) in [4.78, 5) is 12.0. The van der Waals surface area contributed by atoms with Gasteiger partial charge in [0.15, 0.2) is 0 Å². The minimum atomic E-state index is -0.367. The number of anilines is 1. The van der Waals surface area contributed by atoms with E-state index in [9.17, 15) is 9.90 Å². The molecule has 5 nitrogen and oxygen atoms in total. The Bertz CT molecular complexity index is 608. The van der Waals surface area contributed by atoms with E-state index in [2.05, 4.69) is 26.3 Å². The molecule has 6 heteroatoms. The second kappa shape index (κ2) is 5.44. The van der Waals surface area contributed by atoms with E-state index in [-0.39, 0.29) is 23.3 Å². The molecule has 100 valence electrons. The third kappa shape index (κ3) is 3.14. The Morgan fingerprint density at radius 2 is 2.21 bits per heavy atom. The lowest BCUT2D eigenvalue weighted by Gasteiger charge is -2.06. The van der Waals surface area contributed by atoms with Gasteiger partial charge in [0, 0.05) is 16.7 Å². The van der Waals surface area contributed by atoms with Crippen LogP contribution in [-0.4, -0.2) is 20.8 Å². The number of carbonyl (C=O) groups is 1. The number of rotatable bonds is 3. The lowest BCUT2D eigenvalue weighted by Crippen LogP contribution is -2.11. The van der Waals surface area contributed by atoms with E-state index in [0.717, 1.165) is 0 Å². The number of halogens is 1. The SMILES string of the molecule is CC(C)n1cc(NC(=O)c2ccc(Br)cc2O)cn1. The van der Waals surface area contributed by atoms with E-state index in [1.165, 1.54) is 6.07 Å². The standard InChI is InChI=1S/C13H14BrN3O2/c1-8(2)17-7-10(6-15-17)16-13(19)11-4-3-9(14)5-12(11)18/h3-8,18H,1-2H3,(H,16,19). The van der Waals surface area contributed by atoms with Gasteiger partial charge in [-0.3, -0.25) is 9.48 Å². The molecule has 0 atom stereocenters. The van der Waals surface area contributed by atoms with Crippen LogP contribution in [0, 0.1) is 0 Å². The third-order valence-electron chi connectivity index (χ3n) is 2.59. The molecule has 0 saturated heterocycles. The van der Waals surface area contributed by atoms with Gasteiger partial charge in [0.05, 0.1) is 17.4 Å². The fourth-order valence-corrected chi connectivity index (χ4v) is 1.93. The first-order valence-corrected chi connectivity index (χ1v) is 6.60. The van der Waals surface area contributed by atoms with Crippen LogP contribution in [-0.2, 0) is 0 Å². The normalized spacial score (nSPS) is 10.7. The molecule has 0 bridgehead atoms. The highest BCUT2D eigenvalue weighted by molar-refractivity contribution is 9.10. The highest BCUT2D eigenvalue weighted by atomic mass is 79.9. The van der Waals surface area contributed by atoms with E-state index >= 15 is 0 Å². The average Bonchev–Trinajstić information content (AvgIpc) is 2.77. The molecule has 0 aliphatic heterocycles. The number of aromatic nitrogens is 2. The Kier molecular flexibility index (Phi) is 3.90. The van der Waals surface area contributed by atoms with Crippen molar-refractivity contribution in [2.45, 2.75) is 19.9 Å². The maximum absolute atomic E-state index is 12.0. The highest BCUT2D eigenvalue weighted by Crippen LogP contribution is 2.23. The van der Waals surface area contributed by atoms with E-state index in [1.54, 1.807) is 29.2 Å². The van der Waals surface area contributed by atoms with Crippen LogP contribution in [0.4, 0.5) is 5.69 Å². The first kappa shape index (κ1) is 13.6. The number of aromatic hydroxyl groups is 1. The highest BCUT2D eigenvalue weighted by Gasteiger charge is 2.12. The topological polar surface area (TPSA) is 67.2 Å². The largest absolute Gasteiger partial charge is 0.507 e. The zero-order valence-electron chi connectivity index (χ0n) is 10.6. The summed E-state index contributed by atoms with van der Waals surface area (Å²) in [6, 6.07) is 4.96. The number of hydrogen-bond donors (Lipinski definition) is 2. The van der Waals surface area contributed by atoms with Gasteiger partial charge < -0.3 is 10.4 Å². The molecule has 2 N–H and O–H groups in total. The first-order chi connectivity index (χ1) is 8.97. The average molecular weight is 324 g/mol. The van der Waals surface area contributed by atoms with E-state index in [1.807, 2.05) is 13.8 Å². The number of phenols is 1. The number of phenolic OH excluding ortho intramolecular Hbond substituents is 1. The predicted molar refractivity (Wildman–Crippen MR) is 76.4 cm³/mol. The van der Waals surface area contributed by atoms with Gasteiger partial charge in [-0.15, -0.1) is 0 Å². The van der Waals surface area contributed by atoms with Crippen molar-refractivity contribution >= 4 is 27.5 Å². The molecular formula is C13H14BrN3O2. The van der Waals surface area contributed by atoms with Gasteiger partial charge in [0.2, 0.25) is 0 Å². The number of carbonyl (C=O) groups excluding carboxylic acids is 1. The van der Waals surface area contributed by atoms with Crippen molar-refractivity contribution in [1.29, 1.82) is 0 Å². The van der Waals surface area contributed by atoms with Crippen molar-refractivity contribution in [2.75, 3.05) is 5.32 Å². The van der Waals surface area contributed by atoms with Gasteiger partial charge in [-0.05, 0) is 32.0 Å². The monoisotopic (exact) mass is 323 g/mol. The summed E-state index contributed by atoms with van der Waals surface area (Å²) < 4.78 is 2.46. The van der Waals surface area contributed by atoms with Crippen LogP contribution in [0.2, 0.25) is 0 Å². The minimum Gasteiger partial charge on any atom is -0.507 e. The van der Waals surface area contributed by atoms with Crippen LogP contribution < -0.4 is 5.32 Å². The third-order valence-corrected chi connectivity index (χ3v) is 3.09. The van der Waals surface area contributed by atoms with Crippen molar-refractivity contribution in [3.05, 3.63) is 40.6 Å². The van der Waals surface area contributed by atoms with Gasteiger partial charge in [-0.2, -0.15) is 5.10 Å². The molecular weight excluding hydrogens is 310 g/mol. The van der Waals surface area contributed by atoms with Crippen LogP contribution in [0.1, 0.15) is 30.2 Å². The maximum atomic E-state index is 12.0. The van der Waals surface area contributed by atoms with Gasteiger partial charge in [0.1, 0.15) is 5.75 Å². The zero-order valence-corrected chi connectivity index (χ0v) is 12.2. The molecule has 0 radical (unpaired) electrons. The summed E-state index contributed by atoms with van der Waals surface area (Å²) in [7, 11) is 0. The Morgan fingerprint density at radius 3 is 2.79 bits per heavy atom. The Morgan fingerprint density at radius 1 is 1.47 bits per heavy atom. The molecule has 0 spiro atoms. The van der Waals surface area contributed by atoms with Gasteiger partial charge in [0.25, 0.3) is 5.91 Å². The van der Waals surface area contributed by atoms with Gasteiger partial charge in [-0.1, -0.05) is 15.9 Å². The molecule has 0 fully saturated rings. The maximum Gasteiger partial charge on any atom is 0.259 e. The van der Waals surface area contributed by atoms with E-state index < -0.39 is 0 Å². The summed E-state index contributed by atoms with van der Waals surface area (Å²) in [5.74, 6) is -0.434. The molecule has 1 heterocycles. The fraction of sp³-hybridized carbons (Fsp3) is 0.231. The molecule has 1 aromatic carbocycles. The Hall–Kier alpha value is -1.82. The number of hydrogen-bond acceptors (Lipinski definition) is 3. The molecule has 0 unspecified atom stereocenters. The van der Waals surface area contributed by atoms with Crippen molar-refractivity contribution in [3.8, 4) is 5.75 Å². The molecule has 0 aliphatic carbocycles. The summed E-state index contributed by atoms with van der Waals surface area (Å²) in [6.45, 7) is 4.00. The lowest BCUT2D eigenvalue weighted by atomic mass is 10.2. The molecule has 2 aromatic rings. The van der Waals surface area contributed by atoms with Crippen LogP contribution >= 0.6 is 15.9 Å². The van der Waals surface area contributed by atoms with E-state index in [0.29, 0.717) is 10.2 Å². The van der Waals surface area contributed by atoms with Crippen LogP contribution in [0.5, 0.6) is 5.75 Å². The number of nitrogens with one attached hydrogen (secondary N) is 1. The minimum absolute atomic E-state index is 0.0665. The summed E-state index contributed by atoms with van der Waals surface area (Å²) in [5, 5.41) is 16.5. The summed E-state index contributed by atoms with van der Waals surface area (Å²) >= 11 is 3.23. The molecule has 0 aliphatic rings. The quantitative estimate of drug-likeness (QED) is 0.911. The molecule has 0 saturated carbocycles. The van der Waals surface area contributed by atoms with Crippen LogP contribution in [0.15, 0.2) is 35.1 Å². The number of amides is 1. The second-order valence-electron chi connectivity index (χ2n) is 4.42. The molecule has 19 heavy (non-hydrogen) atoms. The van der Waals surface area contributed by atoms with Crippen molar-refractivity contribution < 1.29 is 9.90 Å². The first-order valence-electron chi connectivity index (χ1n) is 5.81. The predicted octanol–water partition coefficient (Wildman–Crippen LogP) is 3.18. The summed E-state index contributed by atoms with van der Waals surface area (Å²) in [5.41, 5.74) is 0.821. The molecule has 1 amide bonds. The molecule has 2 rings (SSSR count). The lowest BCUT2D eigenvalue weighted by molar-refractivity contribution is 0.102. The van der Waals surface area contributed by atoms with Crippen molar-refractivity contribution in [1.82, 2.24) is 9.78 Å². The molecule has 1 aromatic heterocycles. The number of nitrogens with zero attached hydrogens (tertiary/aromatic N) is 2.